The molecule has 40 heavy (non-hydrogen) atoms. The van der Waals surface area contributed by atoms with Gasteiger partial charge in [-0.2, -0.15) is 13.2 Å². The SMILES string of the molecule is Cc1c(-c2cnc(Oc3ccc(OC(F)(F)F)cc3)c(C(F)F)c2)sc2c1c(=O)[nH]c(=O)n2CC(O)C(F)(F)F. The highest BCUT2D eigenvalue weighted by molar-refractivity contribution is 7.22. The fourth-order valence-corrected chi connectivity index (χ4v) is 4.94. The van der Waals surface area contributed by atoms with Crippen molar-refractivity contribution in [2.24, 2.45) is 0 Å². The molecule has 0 amide bonds. The van der Waals surface area contributed by atoms with Gasteiger partial charge in [0.15, 0.2) is 6.10 Å². The van der Waals surface area contributed by atoms with Crippen molar-refractivity contribution in [2.45, 2.75) is 38.5 Å². The molecule has 0 saturated heterocycles. The maximum Gasteiger partial charge on any atom is 0.573 e. The Labute approximate surface area is 221 Å². The van der Waals surface area contributed by atoms with Crippen LogP contribution in [-0.2, 0) is 6.54 Å². The predicted molar refractivity (Wildman–Crippen MR) is 125 cm³/mol. The number of fused-ring (bicyclic) bond motifs is 1. The van der Waals surface area contributed by atoms with Gasteiger partial charge in [0.2, 0.25) is 5.88 Å². The number of benzene rings is 1. The maximum absolute atomic E-state index is 13.9. The van der Waals surface area contributed by atoms with Crippen molar-refractivity contribution in [3.05, 3.63) is 68.5 Å². The number of thiophene rings is 1. The smallest absolute Gasteiger partial charge is 0.439 e. The van der Waals surface area contributed by atoms with Crippen LogP contribution < -0.4 is 20.7 Å². The largest absolute Gasteiger partial charge is 0.573 e. The summed E-state index contributed by atoms with van der Waals surface area (Å²) in [6.45, 7) is 0.157. The summed E-state index contributed by atoms with van der Waals surface area (Å²) in [4.78, 5) is 30.4. The average molecular weight is 597 g/mol. The van der Waals surface area contributed by atoms with Gasteiger partial charge in [-0.05, 0) is 42.8 Å². The highest BCUT2D eigenvalue weighted by atomic mass is 32.1. The van der Waals surface area contributed by atoms with E-state index < -0.39 is 60.1 Å². The number of hydrogen-bond donors (Lipinski definition) is 2. The zero-order chi connectivity index (χ0) is 29.6. The summed E-state index contributed by atoms with van der Waals surface area (Å²) in [5.74, 6) is -1.31. The van der Waals surface area contributed by atoms with Crippen molar-refractivity contribution in [1.29, 1.82) is 0 Å². The van der Waals surface area contributed by atoms with Crippen LogP contribution in [0.1, 0.15) is 17.6 Å². The van der Waals surface area contributed by atoms with Crippen LogP contribution in [-0.4, -0.2) is 38.3 Å². The lowest BCUT2D eigenvalue weighted by Gasteiger charge is -2.15. The number of H-pyrrole nitrogens is 1. The zero-order valence-corrected chi connectivity index (χ0v) is 20.5. The van der Waals surface area contributed by atoms with Crippen LogP contribution in [0.25, 0.3) is 20.7 Å². The van der Waals surface area contributed by atoms with Crippen molar-refractivity contribution in [3.63, 3.8) is 0 Å². The molecule has 1 unspecified atom stereocenters. The number of hydrogen-bond acceptors (Lipinski definition) is 7. The number of aromatic amines is 1. The molecule has 3 heterocycles. The van der Waals surface area contributed by atoms with Gasteiger partial charge in [-0.1, -0.05) is 0 Å². The minimum atomic E-state index is -5.06. The van der Waals surface area contributed by atoms with E-state index in [0.717, 1.165) is 36.5 Å². The zero-order valence-electron chi connectivity index (χ0n) is 19.7. The number of ether oxygens (including phenoxy) is 2. The van der Waals surface area contributed by atoms with E-state index in [4.69, 9.17) is 4.74 Å². The van der Waals surface area contributed by atoms with E-state index in [1.807, 2.05) is 4.98 Å². The maximum atomic E-state index is 13.9. The van der Waals surface area contributed by atoms with Crippen LogP contribution in [0, 0.1) is 6.92 Å². The van der Waals surface area contributed by atoms with Crippen molar-refractivity contribution < 1.29 is 49.7 Å². The molecule has 0 fully saturated rings. The van der Waals surface area contributed by atoms with Gasteiger partial charge >= 0.3 is 18.2 Å². The van der Waals surface area contributed by atoms with Crippen LogP contribution >= 0.6 is 11.3 Å². The molecule has 0 aliphatic rings. The fourth-order valence-electron chi connectivity index (χ4n) is 3.65. The van der Waals surface area contributed by atoms with Crippen molar-refractivity contribution >= 4 is 21.6 Å². The first-order chi connectivity index (χ1) is 18.5. The van der Waals surface area contributed by atoms with Gasteiger partial charge in [-0.15, -0.1) is 24.5 Å². The molecule has 1 aromatic carbocycles. The number of nitrogens with zero attached hydrogens (tertiary/aromatic N) is 2. The van der Waals surface area contributed by atoms with Crippen molar-refractivity contribution in [3.8, 4) is 27.8 Å². The summed E-state index contributed by atoms with van der Waals surface area (Å²) < 4.78 is 113. The van der Waals surface area contributed by atoms with E-state index in [9.17, 15) is 49.8 Å². The Kier molecular flexibility index (Phi) is 7.64. The summed E-state index contributed by atoms with van der Waals surface area (Å²) in [5, 5.41) is 9.28. The standard InChI is InChI=1S/C23H15F8N3O5S/c1-9-15-18(36)33-21(37)34(8-14(35)22(26,27)28)20(15)40-16(9)10-6-13(17(24)25)19(32-7-10)38-11-2-4-12(5-3-11)39-23(29,30)31/h2-7,14,17,35H,8H2,1H3,(H,33,36,37). The van der Waals surface area contributed by atoms with Crippen LogP contribution in [0.3, 0.4) is 0 Å². The lowest BCUT2D eigenvalue weighted by molar-refractivity contribution is -0.274. The Balaban J connectivity index is 1.74. The van der Waals surface area contributed by atoms with Gasteiger partial charge in [0.05, 0.1) is 17.5 Å². The highest BCUT2D eigenvalue weighted by Crippen LogP contribution is 2.40. The van der Waals surface area contributed by atoms with Crippen LogP contribution in [0.2, 0.25) is 0 Å². The summed E-state index contributed by atoms with van der Waals surface area (Å²) in [6.07, 6.45) is -15.0. The first-order valence-corrected chi connectivity index (χ1v) is 11.7. The molecule has 0 saturated carbocycles. The minimum Gasteiger partial charge on any atom is -0.439 e. The minimum absolute atomic E-state index is 0.00467. The number of alkyl halides is 8. The molecule has 3 aromatic heterocycles. The van der Waals surface area contributed by atoms with Gasteiger partial charge in [0.1, 0.15) is 16.3 Å². The molecule has 0 aliphatic heterocycles. The third-order valence-electron chi connectivity index (χ3n) is 5.45. The van der Waals surface area contributed by atoms with Crippen LogP contribution in [0.5, 0.6) is 17.4 Å². The monoisotopic (exact) mass is 597 g/mol. The molecule has 17 heteroatoms. The molecule has 4 aromatic rings. The molecule has 1 atom stereocenters. The van der Waals surface area contributed by atoms with Gasteiger partial charge in [-0.25, -0.2) is 18.6 Å². The summed E-state index contributed by atoms with van der Waals surface area (Å²) in [6, 6.07) is 4.80. The predicted octanol–water partition coefficient (Wildman–Crippen LogP) is 5.67. The Morgan fingerprint density at radius 3 is 2.27 bits per heavy atom. The number of nitrogens with one attached hydrogen (secondary N) is 1. The second-order valence-electron chi connectivity index (χ2n) is 8.20. The van der Waals surface area contributed by atoms with E-state index >= 15 is 0 Å². The van der Waals surface area contributed by atoms with Gasteiger partial charge < -0.3 is 14.6 Å². The molecule has 214 valence electrons. The lowest BCUT2D eigenvalue weighted by Crippen LogP contribution is -2.38. The molecule has 0 aliphatic carbocycles. The van der Waals surface area contributed by atoms with Crippen molar-refractivity contribution in [2.75, 3.05) is 0 Å². The molecule has 4 rings (SSSR count). The third-order valence-corrected chi connectivity index (χ3v) is 6.81. The van der Waals surface area contributed by atoms with Gasteiger partial charge in [-0.3, -0.25) is 14.3 Å². The molecule has 0 radical (unpaired) electrons. The summed E-state index contributed by atoms with van der Waals surface area (Å²) >= 11 is 0.654. The Morgan fingerprint density at radius 2 is 1.70 bits per heavy atom. The second-order valence-corrected chi connectivity index (χ2v) is 9.20. The first kappa shape index (κ1) is 29.0. The molecule has 8 nitrogen and oxygen atoms in total. The fraction of sp³-hybridized carbons (Fsp3) is 0.261. The number of aromatic nitrogens is 3. The van der Waals surface area contributed by atoms with E-state index in [1.165, 1.54) is 6.92 Å². The van der Waals surface area contributed by atoms with Crippen LogP contribution in [0.15, 0.2) is 46.1 Å². The lowest BCUT2D eigenvalue weighted by atomic mass is 10.1. The Hall–Kier alpha value is -3.99. The molecular formula is C23H15F8N3O5S. The number of pyridine rings is 1. The third kappa shape index (κ3) is 6.09. The molecule has 2 N–H and O–H groups in total. The number of aliphatic hydroxyl groups is 1. The van der Waals surface area contributed by atoms with E-state index in [2.05, 4.69) is 9.72 Å². The number of aliphatic hydroxyl groups excluding tert-OH is 1. The highest BCUT2D eigenvalue weighted by Gasteiger charge is 2.39. The summed E-state index contributed by atoms with van der Waals surface area (Å²) in [7, 11) is 0. The Bertz CT molecular complexity index is 1660. The van der Waals surface area contributed by atoms with Crippen LogP contribution in [0.4, 0.5) is 35.1 Å². The Morgan fingerprint density at radius 1 is 1.07 bits per heavy atom. The quantitative estimate of drug-likeness (QED) is 0.266. The average Bonchev–Trinajstić information content (AvgIpc) is 3.18. The number of halogens is 8. The second kappa shape index (κ2) is 10.5. The normalized spacial score (nSPS) is 13.2. The van der Waals surface area contributed by atoms with Crippen molar-refractivity contribution in [1.82, 2.24) is 14.5 Å². The molecular weight excluding hydrogens is 582 g/mol. The topological polar surface area (TPSA) is 106 Å². The van der Waals surface area contributed by atoms with Gasteiger partial charge in [0.25, 0.3) is 12.0 Å². The number of aryl methyl sites for hydroxylation is 1. The number of rotatable bonds is 7. The molecule has 0 spiro atoms. The van der Waals surface area contributed by atoms with E-state index in [1.54, 1.807) is 0 Å². The van der Waals surface area contributed by atoms with E-state index in [0.29, 0.717) is 15.9 Å². The van der Waals surface area contributed by atoms with Gasteiger partial charge in [0, 0.05) is 16.6 Å². The summed E-state index contributed by atoms with van der Waals surface area (Å²) in [5.41, 5.74) is -2.74. The molecule has 0 bridgehead atoms. The van der Waals surface area contributed by atoms with E-state index in [-0.39, 0.29) is 32.0 Å². The first-order valence-electron chi connectivity index (χ1n) is 10.9.